The van der Waals surface area contributed by atoms with Gasteiger partial charge in [-0.05, 0) is 22.8 Å². The minimum Gasteiger partial charge on any atom is -0.361 e. The molecule has 0 saturated carbocycles. The Hall–Kier alpha value is -2.09. The van der Waals surface area contributed by atoms with E-state index >= 15 is 0 Å². The number of rotatable bonds is 6. The van der Waals surface area contributed by atoms with Gasteiger partial charge in [0.25, 0.3) is 0 Å². The van der Waals surface area contributed by atoms with Crippen molar-refractivity contribution < 1.29 is 4.52 Å². The number of halogens is 1. The number of aryl methyl sites for hydroxylation is 2. The second-order valence-electron chi connectivity index (χ2n) is 6.16. The van der Waals surface area contributed by atoms with Gasteiger partial charge >= 0.3 is 0 Å². The van der Waals surface area contributed by atoms with E-state index in [-0.39, 0.29) is 24.0 Å². The van der Waals surface area contributed by atoms with Crippen molar-refractivity contribution in [2.45, 2.75) is 39.8 Å². The van der Waals surface area contributed by atoms with Crippen molar-refractivity contribution >= 4 is 40.7 Å². The zero-order valence-electron chi connectivity index (χ0n) is 16.1. The number of nitrogens with one attached hydrogen (secondary N) is 2. The molecular weight excluding hydrogens is 451 g/mol. The third-order valence-corrected chi connectivity index (χ3v) is 4.59. The summed E-state index contributed by atoms with van der Waals surface area (Å²) < 4.78 is 5.43. The number of benzene rings is 2. The lowest BCUT2D eigenvalue weighted by molar-refractivity contribution is 0.380. The van der Waals surface area contributed by atoms with Crippen molar-refractivity contribution in [3.8, 4) is 0 Å². The monoisotopic (exact) mass is 478 g/mol. The van der Waals surface area contributed by atoms with E-state index in [2.05, 4.69) is 77.1 Å². The highest BCUT2D eigenvalue weighted by Gasteiger charge is 2.13. The van der Waals surface area contributed by atoms with Gasteiger partial charge in [-0.2, -0.15) is 0 Å². The third kappa shape index (κ3) is 5.00. The van der Waals surface area contributed by atoms with Gasteiger partial charge in [0.15, 0.2) is 5.96 Å². The Balaban J connectivity index is 0.00000261. The number of hydrogen-bond acceptors (Lipinski definition) is 3. The summed E-state index contributed by atoms with van der Waals surface area (Å²) >= 11 is 0. The zero-order chi connectivity index (χ0) is 18.4. The van der Waals surface area contributed by atoms with Gasteiger partial charge in [0, 0.05) is 32.1 Å². The molecule has 3 rings (SSSR count). The summed E-state index contributed by atoms with van der Waals surface area (Å²) in [5, 5.41) is 13.5. The molecule has 0 aliphatic carbocycles. The van der Waals surface area contributed by atoms with Crippen molar-refractivity contribution in [3.05, 3.63) is 65.0 Å². The molecule has 0 amide bonds. The van der Waals surface area contributed by atoms with Crippen LogP contribution in [0.2, 0.25) is 0 Å². The predicted molar refractivity (Wildman–Crippen MR) is 122 cm³/mol. The van der Waals surface area contributed by atoms with Crippen LogP contribution in [0.4, 0.5) is 0 Å². The van der Waals surface area contributed by atoms with E-state index in [1.54, 1.807) is 7.05 Å². The van der Waals surface area contributed by atoms with Crippen LogP contribution in [0.3, 0.4) is 0 Å². The molecule has 1 aromatic heterocycles. The summed E-state index contributed by atoms with van der Waals surface area (Å²) in [4.78, 5) is 4.34. The first-order valence-electron chi connectivity index (χ1n) is 9.14. The van der Waals surface area contributed by atoms with Crippen LogP contribution in [-0.2, 0) is 25.9 Å². The van der Waals surface area contributed by atoms with Crippen molar-refractivity contribution in [1.82, 2.24) is 15.8 Å². The molecule has 0 fully saturated rings. The molecule has 0 radical (unpaired) electrons. The molecule has 0 bridgehead atoms. The van der Waals surface area contributed by atoms with E-state index < -0.39 is 0 Å². The Morgan fingerprint density at radius 1 is 1.00 bits per heavy atom. The molecule has 6 heteroatoms. The molecule has 3 aromatic rings. The molecule has 5 nitrogen and oxygen atoms in total. The molecule has 0 unspecified atom stereocenters. The van der Waals surface area contributed by atoms with Crippen LogP contribution in [0.1, 0.15) is 36.4 Å². The highest BCUT2D eigenvalue weighted by Crippen LogP contribution is 2.18. The molecule has 2 aromatic carbocycles. The van der Waals surface area contributed by atoms with Gasteiger partial charge in [-0.3, -0.25) is 4.99 Å². The summed E-state index contributed by atoms with van der Waals surface area (Å²) in [5.41, 5.74) is 3.40. The van der Waals surface area contributed by atoms with Gasteiger partial charge in [-0.1, -0.05) is 61.5 Å². The van der Waals surface area contributed by atoms with E-state index in [1.807, 2.05) is 0 Å². The van der Waals surface area contributed by atoms with Crippen molar-refractivity contribution in [2.24, 2.45) is 4.99 Å². The van der Waals surface area contributed by atoms with Crippen molar-refractivity contribution in [3.63, 3.8) is 0 Å². The fraction of sp³-hybridized carbons (Fsp3) is 0.333. The molecule has 0 spiro atoms. The molecule has 0 aliphatic heterocycles. The molecule has 0 atom stereocenters. The van der Waals surface area contributed by atoms with Crippen LogP contribution >= 0.6 is 24.0 Å². The van der Waals surface area contributed by atoms with E-state index in [0.717, 1.165) is 35.8 Å². The van der Waals surface area contributed by atoms with Crippen molar-refractivity contribution in [1.29, 1.82) is 0 Å². The lowest BCUT2D eigenvalue weighted by Gasteiger charge is -2.13. The van der Waals surface area contributed by atoms with Gasteiger partial charge in [-0.25, -0.2) is 0 Å². The first kappa shape index (κ1) is 21.2. The van der Waals surface area contributed by atoms with Gasteiger partial charge in [0.1, 0.15) is 5.76 Å². The minimum absolute atomic E-state index is 0. The fourth-order valence-electron chi connectivity index (χ4n) is 3.16. The number of guanidine groups is 1. The first-order valence-corrected chi connectivity index (χ1v) is 9.14. The largest absolute Gasteiger partial charge is 0.361 e. The number of aromatic nitrogens is 1. The predicted octanol–water partition coefficient (Wildman–Crippen LogP) is 4.44. The molecule has 27 heavy (non-hydrogen) atoms. The molecule has 2 N–H and O–H groups in total. The zero-order valence-corrected chi connectivity index (χ0v) is 18.4. The molecule has 0 aliphatic rings. The van der Waals surface area contributed by atoms with Gasteiger partial charge in [-0.15, -0.1) is 24.0 Å². The molecule has 0 saturated heterocycles. The summed E-state index contributed by atoms with van der Waals surface area (Å²) in [6, 6.07) is 14.8. The Morgan fingerprint density at radius 3 is 2.48 bits per heavy atom. The average molecular weight is 478 g/mol. The third-order valence-electron chi connectivity index (χ3n) is 4.59. The maximum absolute atomic E-state index is 5.43. The van der Waals surface area contributed by atoms with E-state index in [1.165, 1.54) is 16.3 Å². The number of fused-ring (bicyclic) bond motifs is 1. The number of hydrogen-bond donors (Lipinski definition) is 2. The number of nitrogens with zero attached hydrogens (tertiary/aromatic N) is 2. The fourth-order valence-corrected chi connectivity index (χ4v) is 3.16. The lowest BCUT2D eigenvalue weighted by Crippen LogP contribution is -2.36. The topological polar surface area (TPSA) is 62.5 Å². The van der Waals surface area contributed by atoms with E-state index in [0.29, 0.717) is 13.1 Å². The van der Waals surface area contributed by atoms with Gasteiger partial charge < -0.3 is 15.2 Å². The average Bonchev–Trinajstić information content (AvgIpc) is 3.10. The normalized spacial score (nSPS) is 11.3. The van der Waals surface area contributed by atoms with Gasteiger partial charge in [0.05, 0.1) is 5.69 Å². The summed E-state index contributed by atoms with van der Waals surface area (Å²) in [5.74, 6) is 1.71. The molecule has 1 heterocycles. The standard InChI is InChI=1S/C21H26N4O.HI/c1-4-19-18(20(5-2)26-25-19)14-24-21(22-3)23-13-16-11-8-10-15-9-6-7-12-17(15)16;/h6-12H,4-5,13-14H2,1-3H3,(H2,22,23,24);1H. The summed E-state index contributed by atoms with van der Waals surface area (Å²) in [7, 11) is 1.79. The Labute approximate surface area is 177 Å². The maximum Gasteiger partial charge on any atom is 0.191 e. The summed E-state index contributed by atoms with van der Waals surface area (Å²) in [6.07, 6.45) is 1.70. The van der Waals surface area contributed by atoms with E-state index in [4.69, 9.17) is 4.52 Å². The van der Waals surface area contributed by atoms with Crippen LogP contribution in [0.15, 0.2) is 52.0 Å². The van der Waals surface area contributed by atoms with Crippen LogP contribution in [0, 0.1) is 0 Å². The van der Waals surface area contributed by atoms with Crippen LogP contribution in [-0.4, -0.2) is 18.2 Å². The van der Waals surface area contributed by atoms with Crippen LogP contribution < -0.4 is 10.6 Å². The van der Waals surface area contributed by atoms with Crippen molar-refractivity contribution in [2.75, 3.05) is 7.05 Å². The summed E-state index contributed by atoms with van der Waals surface area (Å²) in [6.45, 7) is 5.54. The lowest BCUT2D eigenvalue weighted by atomic mass is 10.0. The first-order chi connectivity index (χ1) is 12.8. The Kier molecular flexibility index (Phi) is 8.09. The highest BCUT2D eigenvalue weighted by atomic mass is 127. The molecular formula is C21H27IN4O. The molecule has 144 valence electrons. The maximum atomic E-state index is 5.43. The second-order valence-corrected chi connectivity index (χ2v) is 6.16. The van der Waals surface area contributed by atoms with Crippen LogP contribution in [0.5, 0.6) is 0 Å². The second kappa shape index (κ2) is 10.3. The number of aliphatic imine (C=N–C) groups is 1. The SMILES string of the molecule is CCc1noc(CC)c1CNC(=NC)NCc1cccc2ccccc12.I. The van der Waals surface area contributed by atoms with E-state index in [9.17, 15) is 0 Å². The smallest absolute Gasteiger partial charge is 0.191 e. The Bertz CT molecular complexity index is 877. The highest BCUT2D eigenvalue weighted by molar-refractivity contribution is 14.0. The Morgan fingerprint density at radius 2 is 1.74 bits per heavy atom. The van der Waals surface area contributed by atoms with Crippen LogP contribution in [0.25, 0.3) is 10.8 Å². The minimum atomic E-state index is 0. The van der Waals surface area contributed by atoms with Gasteiger partial charge in [0.2, 0.25) is 0 Å². The quantitative estimate of drug-likeness (QED) is 0.313.